The van der Waals surface area contributed by atoms with E-state index in [2.05, 4.69) is 21.2 Å². The monoisotopic (exact) mass is 391 g/mol. The Morgan fingerprint density at radius 2 is 1.96 bits per heavy atom. The van der Waals surface area contributed by atoms with Gasteiger partial charge in [-0.3, -0.25) is 4.79 Å². The number of fused-ring (bicyclic) bond motifs is 1. The van der Waals surface area contributed by atoms with E-state index in [0.717, 1.165) is 21.5 Å². The van der Waals surface area contributed by atoms with E-state index in [4.69, 9.17) is 14.2 Å². The van der Waals surface area contributed by atoms with E-state index in [-0.39, 0.29) is 5.91 Å². The summed E-state index contributed by atoms with van der Waals surface area (Å²) in [6.07, 6.45) is 0.712. The number of carbonyl (C=O) groups is 1. The minimum atomic E-state index is -0.140. The number of hydrogen-bond acceptors (Lipinski definition) is 4. The van der Waals surface area contributed by atoms with Gasteiger partial charge >= 0.3 is 0 Å². The molecule has 5 nitrogen and oxygen atoms in total. The van der Waals surface area contributed by atoms with Crippen LogP contribution in [0, 0.1) is 0 Å². The zero-order valence-corrected chi connectivity index (χ0v) is 14.9. The third-order valence-electron chi connectivity index (χ3n) is 3.72. The van der Waals surface area contributed by atoms with Crippen LogP contribution in [-0.4, -0.2) is 32.8 Å². The summed E-state index contributed by atoms with van der Waals surface area (Å²) in [6.45, 7) is 1.68. The average molecular weight is 392 g/mol. The maximum Gasteiger partial charge on any atom is 0.252 e. The molecule has 1 aliphatic heterocycles. The fourth-order valence-electron chi connectivity index (χ4n) is 2.46. The molecule has 0 bridgehead atoms. The number of amides is 1. The molecule has 0 saturated carbocycles. The van der Waals surface area contributed by atoms with Gasteiger partial charge in [0.05, 0.1) is 12.7 Å². The van der Waals surface area contributed by atoms with Gasteiger partial charge in [-0.15, -0.1) is 0 Å². The summed E-state index contributed by atoms with van der Waals surface area (Å²) in [4.78, 5) is 12.3. The third-order valence-corrected chi connectivity index (χ3v) is 4.42. The number of methoxy groups -OCH3 is 1. The van der Waals surface area contributed by atoms with Crippen molar-refractivity contribution in [1.29, 1.82) is 0 Å². The molecule has 6 heteroatoms. The van der Waals surface area contributed by atoms with Crippen LogP contribution < -0.4 is 19.5 Å². The van der Waals surface area contributed by atoms with E-state index in [1.807, 2.05) is 18.2 Å². The highest BCUT2D eigenvalue weighted by Crippen LogP contribution is 2.30. The lowest BCUT2D eigenvalue weighted by molar-refractivity contribution is 0.0953. The molecule has 1 heterocycles. The van der Waals surface area contributed by atoms with Gasteiger partial charge < -0.3 is 19.5 Å². The molecule has 0 radical (unpaired) electrons. The molecular formula is C18H18BrNO4. The minimum Gasteiger partial charge on any atom is -0.497 e. The quantitative estimate of drug-likeness (QED) is 0.849. The van der Waals surface area contributed by atoms with Crippen LogP contribution in [0.2, 0.25) is 0 Å². The van der Waals surface area contributed by atoms with Crippen LogP contribution in [0.5, 0.6) is 17.2 Å². The largest absolute Gasteiger partial charge is 0.497 e. The van der Waals surface area contributed by atoms with Gasteiger partial charge in [0.15, 0.2) is 11.5 Å². The first-order chi connectivity index (χ1) is 11.7. The summed E-state index contributed by atoms with van der Waals surface area (Å²) in [5, 5.41) is 2.92. The fraction of sp³-hybridized carbons (Fsp3) is 0.278. The highest BCUT2D eigenvalue weighted by Gasteiger charge is 2.13. The highest BCUT2D eigenvalue weighted by atomic mass is 79.9. The van der Waals surface area contributed by atoms with Gasteiger partial charge in [-0.1, -0.05) is 6.07 Å². The zero-order chi connectivity index (χ0) is 16.9. The number of nitrogens with one attached hydrogen (secondary N) is 1. The van der Waals surface area contributed by atoms with Crippen LogP contribution in [0.1, 0.15) is 15.9 Å². The van der Waals surface area contributed by atoms with Crippen molar-refractivity contribution >= 4 is 21.8 Å². The van der Waals surface area contributed by atoms with Gasteiger partial charge in [0.2, 0.25) is 0 Å². The molecule has 0 fully saturated rings. The van der Waals surface area contributed by atoms with E-state index in [1.165, 1.54) is 0 Å². The van der Waals surface area contributed by atoms with Crippen molar-refractivity contribution in [2.24, 2.45) is 0 Å². The molecule has 1 N–H and O–H groups in total. The normalized spacial score (nSPS) is 12.6. The van der Waals surface area contributed by atoms with Crippen LogP contribution in [-0.2, 0) is 6.42 Å². The summed E-state index contributed by atoms with van der Waals surface area (Å²) in [7, 11) is 1.58. The fourth-order valence-corrected chi connectivity index (χ4v) is 2.89. The standard InChI is InChI=1S/C18H18BrNO4/c1-22-13-3-4-15(19)14(11-13)18(21)20-7-6-12-2-5-16-17(10-12)24-9-8-23-16/h2-5,10-11H,6-9H2,1H3,(H,20,21). The van der Waals surface area contributed by atoms with Gasteiger partial charge in [0, 0.05) is 11.0 Å². The molecule has 0 unspecified atom stereocenters. The van der Waals surface area contributed by atoms with Gasteiger partial charge in [-0.25, -0.2) is 0 Å². The summed E-state index contributed by atoms with van der Waals surface area (Å²) < 4.78 is 17.0. The Labute approximate surface area is 149 Å². The molecule has 2 aromatic carbocycles. The van der Waals surface area contributed by atoms with Crippen molar-refractivity contribution in [3.05, 3.63) is 52.0 Å². The third kappa shape index (κ3) is 3.82. The van der Waals surface area contributed by atoms with Crippen molar-refractivity contribution < 1.29 is 19.0 Å². The van der Waals surface area contributed by atoms with Crippen LogP contribution in [0.25, 0.3) is 0 Å². The van der Waals surface area contributed by atoms with Crippen molar-refractivity contribution in [1.82, 2.24) is 5.32 Å². The highest BCUT2D eigenvalue weighted by molar-refractivity contribution is 9.10. The molecule has 1 amide bonds. The number of benzene rings is 2. The minimum absolute atomic E-state index is 0.140. The number of rotatable bonds is 5. The Kier molecular flexibility index (Phi) is 5.25. The molecule has 126 valence electrons. The molecule has 3 rings (SSSR count). The van der Waals surface area contributed by atoms with E-state index >= 15 is 0 Å². The Hall–Kier alpha value is -2.21. The summed E-state index contributed by atoms with van der Waals surface area (Å²) >= 11 is 3.39. The van der Waals surface area contributed by atoms with E-state index in [9.17, 15) is 4.79 Å². The maximum atomic E-state index is 12.3. The smallest absolute Gasteiger partial charge is 0.252 e. The first-order valence-corrected chi connectivity index (χ1v) is 8.47. The average Bonchev–Trinajstić information content (AvgIpc) is 2.62. The maximum absolute atomic E-state index is 12.3. The van der Waals surface area contributed by atoms with Crippen molar-refractivity contribution in [3.8, 4) is 17.2 Å². The van der Waals surface area contributed by atoms with Crippen LogP contribution >= 0.6 is 15.9 Å². The second-order valence-corrected chi connectivity index (χ2v) is 6.18. The SMILES string of the molecule is COc1ccc(Br)c(C(=O)NCCc2ccc3c(c2)OCCO3)c1. The Bertz CT molecular complexity index is 748. The first-order valence-electron chi connectivity index (χ1n) is 7.67. The molecule has 24 heavy (non-hydrogen) atoms. The van der Waals surface area contributed by atoms with Gasteiger partial charge in [0.1, 0.15) is 19.0 Å². The molecule has 0 aromatic heterocycles. The van der Waals surface area contributed by atoms with E-state index in [0.29, 0.717) is 37.5 Å². The lowest BCUT2D eigenvalue weighted by Crippen LogP contribution is -2.26. The predicted octanol–water partition coefficient (Wildman–Crippen LogP) is 3.20. The van der Waals surface area contributed by atoms with Crippen LogP contribution in [0.3, 0.4) is 0 Å². The van der Waals surface area contributed by atoms with Crippen molar-refractivity contribution in [3.63, 3.8) is 0 Å². The molecule has 2 aromatic rings. The molecular weight excluding hydrogens is 374 g/mol. The van der Waals surface area contributed by atoms with Gasteiger partial charge in [0.25, 0.3) is 5.91 Å². The first kappa shape index (κ1) is 16.6. The lowest BCUT2D eigenvalue weighted by atomic mass is 10.1. The molecule has 1 aliphatic rings. The Balaban J connectivity index is 1.59. The Morgan fingerprint density at radius 1 is 1.17 bits per heavy atom. The number of carbonyl (C=O) groups excluding carboxylic acids is 1. The van der Waals surface area contributed by atoms with Crippen molar-refractivity contribution in [2.75, 3.05) is 26.9 Å². The van der Waals surface area contributed by atoms with E-state index in [1.54, 1.807) is 25.3 Å². The van der Waals surface area contributed by atoms with Gasteiger partial charge in [-0.05, 0) is 58.2 Å². The topological polar surface area (TPSA) is 56.8 Å². The summed E-state index contributed by atoms with van der Waals surface area (Å²) in [6, 6.07) is 11.2. The van der Waals surface area contributed by atoms with E-state index < -0.39 is 0 Å². The summed E-state index contributed by atoms with van der Waals surface area (Å²) in [5.74, 6) is 2.04. The Morgan fingerprint density at radius 3 is 2.75 bits per heavy atom. The van der Waals surface area contributed by atoms with Crippen molar-refractivity contribution in [2.45, 2.75) is 6.42 Å². The van der Waals surface area contributed by atoms with Crippen LogP contribution in [0.4, 0.5) is 0 Å². The number of halogens is 1. The lowest BCUT2D eigenvalue weighted by Gasteiger charge is -2.18. The second kappa shape index (κ2) is 7.57. The number of hydrogen-bond donors (Lipinski definition) is 1. The number of ether oxygens (including phenoxy) is 3. The van der Waals surface area contributed by atoms with Crippen LogP contribution in [0.15, 0.2) is 40.9 Å². The molecule has 0 atom stereocenters. The molecule has 0 saturated heterocycles. The molecule has 0 aliphatic carbocycles. The predicted molar refractivity (Wildman–Crippen MR) is 94.2 cm³/mol. The summed E-state index contributed by atoms with van der Waals surface area (Å²) in [5.41, 5.74) is 1.64. The zero-order valence-electron chi connectivity index (χ0n) is 13.3. The second-order valence-electron chi connectivity index (χ2n) is 5.33. The van der Waals surface area contributed by atoms with Gasteiger partial charge in [-0.2, -0.15) is 0 Å². The molecule has 0 spiro atoms.